The number of nitrogens with zero attached hydrogens (tertiary/aromatic N) is 5. The number of rotatable bonds is 5. The van der Waals surface area contributed by atoms with E-state index in [2.05, 4.69) is 15.4 Å². The van der Waals surface area contributed by atoms with Gasteiger partial charge in [-0.3, -0.25) is 14.8 Å². The molecular formula is C12H12N6O2. The second-order valence-corrected chi connectivity index (χ2v) is 4.12. The van der Waals surface area contributed by atoms with Crippen molar-refractivity contribution < 1.29 is 4.92 Å². The minimum atomic E-state index is -0.559. The average Bonchev–Trinajstić information content (AvgIpc) is 2.84. The Morgan fingerprint density at radius 1 is 1.60 bits per heavy atom. The summed E-state index contributed by atoms with van der Waals surface area (Å²) in [5.74, 6) is 0.157. The summed E-state index contributed by atoms with van der Waals surface area (Å²) in [4.78, 5) is 14.3. The van der Waals surface area contributed by atoms with Crippen LogP contribution in [0.15, 0.2) is 24.5 Å². The molecule has 0 saturated heterocycles. The summed E-state index contributed by atoms with van der Waals surface area (Å²) in [6, 6.07) is 4.91. The number of aryl methyl sites for hydroxylation is 1. The van der Waals surface area contributed by atoms with Crippen molar-refractivity contribution in [2.24, 2.45) is 7.05 Å². The molecule has 2 aromatic rings. The van der Waals surface area contributed by atoms with E-state index in [-0.39, 0.29) is 17.1 Å². The third-order valence-electron chi connectivity index (χ3n) is 2.64. The van der Waals surface area contributed by atoms with Crippen molar-refractivity contribution in [2.75, 3.05) is 11.9 Å². The van der Waals surface area contributed by atoms with E-state index < -0.39 is 4.92 Å². The molecule has 2 heterocycles. The van der Waals surface area contributed by atoms with Gasteiger partial charge < -0.3 is 5.32 Å². The Morgan fingerprint density at radius 3 is 3.00 bits per heavy atom. The van der Waals surface area contributed by atoms with Crippen LogP contribution in [0, 0.1) is 21.4 Å². The summed E-state index contributed by atoms with van der Waals surface area (Å²) >= 11 is 0. The maximum atomic E-state index is 10.9. The fourth-order valence-corrected chi connectivity index (χ4v) is 1.70. The molecule has 8 heteroatoms. The first-order valence-corrected chi connectivity index (χ1v) is 5.87. The van der Waals surface area contributed by atoms with Gasteiger partial charge in [0.2, 0.25) is 5.82 Å². The molecule has 0 saturated carbocycles. The Labute approximate surface area is 114 Å². The molecule has 8 nitrogen and oxygen atoms in total. The number of nitriles is 1. The molecule has 2 rings (SSSR count). The van der Waals surface area contributed by atoms with E-state index in [1.54, 1.807) is 4.68 Å². The van der Waals surface area contributed by atoms with Crippen LogP contribution in [0.1, 0.15) is 11.3 Å². The molecule has 0 aliphatic heterocycles. The molecule has 0 fully saturated rings. The Morgan fingerprint density at radius 2 is 2.40 bits per heavy atom. The number of hydrogen-bond donors (Lipinski definition) is 1. The normalized spacial score (nSPS) is 10.0. The van der Waals surface area contributed by atoms with Gasteiger partial charge in [-0.2, -0.15) is 10.4 Å². The first kappa shape index (κ1) is 13.5. The Bertz CT molecular complexity index is 673. The topological polar surface area (TPSA) is 110 Å². The standard InChI is InChI=1S/C12H12N6O2/c1-17-5-3-10(16-17)2-4-14-12-11(18(19)20)6-9(7-13)8-15-12/h3,5-6,8H,2,4H2,1H3,(H,14,15). The number of hydrogen-bond acceptors (Lipinski definition) is 6. The molecule has 0 spiro atoms. The molecule has 0 unspecified atom stereocenters. The van der Waals surface area contributed by atoms with Gasteiger partial charge >= 0.3 is 5.69 Å². The van der Waals surface area contributed by atoms with Crippen molar-refractivity contribution in [3.05, 3.63) is 45.9 Å². The number of nitro groups is 1. The van der Waals surface area contributed by atoms with E-state index in [4.69, 9.17) is 5.26 Å². The Kier molecular flexibility index (Phi) is 3.91. The fraction of sp³-hybridized carbons (Fsp3) is 0.250. The van der Waals surface area contributed by atoms with Crippen molar-refractivity contribution in [3.8, 4) is 6.07 Å². The van der Waals surface area contributed by atoms with Gasteiger partial charge in [0.25, 0.3) is 0 Å². The van der Waals surface area contributed by atoms with Gasteiger partial charge in [-0.1, -0.05) is 0 Å². The van der Waals surface area contributed by atoms with Gasteiger partial charge in [-0.25, -0.2) is 4.98 Å². The lowest BCUT2D eigenvalue weighted by Gasteiger charge is -2.05. The van der Waals surface area contributed by atoms with Crippen LogP contribution in [-0.4, -0.2) is 26.2 Å². The van der Waals surface area contributed by atoms with Crippen LogP contribution in [0.2, 0.25) is 0 Å². The summed E-state index contributed by atoms with van der Waals surface area (Å²) < 4.78 is 1.69. The monoisotopic (exact) mass is 272 g/mol. The number of nitrogens with one attached hydrogen (secondary N) is 1. The molecule has 0 atom stereocenters. The van der Waals surface area contributed by atoms with Crippen LogP contribution in [0.5, 0.6) is 0 Å². The lowest BCUT2D eigenvalue weighted by atomic mass is 10.2. The lowest BCUT2D eigenvalue weighted by molar-refractivity contribution is -0.384. The first-order valence-electron chi connectivity index (χ1n) is 5.87. The van der Waals surface area contributed by atoms with Gasteiger partial charge in [-0.15, -0.1) is 0 Å². The summed E-state index contributed by atoms with van der Waals surface area (Å²) in [5.41, 5.74) is 0.841. The highest BCUT2D eigenvalue weighted by molar-refractivity contribution is 5.58. The largest absolute Gasteiger partial charge is 0.364 e. The first-order chi connectivity index (χ1) is 9.60. The smallest absolute Gasteiger partial charge is 0.312 e. The molecule has 0 radical (unpaired) electrons. The minimum Gasteiger partial charge on any atom is -0.364 e. The highest BCUT2D eigenvalue weighted by Crippen LogP contribution is 2.22. The molecular weight excluding hydrogens is 260 g/mol. The summed E-state index contributed by atoms with van der Waals surface area (Å²) in [6.07, 6.45) is 3.76. The molecule has 0 aliphatic rings. The predicted octanol–water partition coefficient (Wildman–Crippen LogP) is 1.25. The molecule has 0 amide bonds. The zero-order chi connectivity index (χ0) is 14.5. The van der Waals surface area contributed by atoms with E-state index in [0.717, 1.165) is 5.69 Å². The van der Waals surface area contributed by atoms with E-state index >= 15 is 0 Å². The maximum absolute atomic E-state index is 10.9. The summed E-state index contributed by atoms with van der Waals surface area (Å²) in [7, 11) is 1.82. The Hall–Kier alpha value is -2.95. The van der Waals surface area contributed by atoms with Gasteiger partial charge in [0.1, 0.15) is 6.07 Å². The molecule has 1 N–H and O–H groups in total. The fourth-order valence-electron chi connectivity index (χ4n) is 1.70. The van der Waals surface area contributed by atoms with Gasteiger partial charge in [0, 0.05) is 38.5 Å². The van der Waals surface area contributed by atoms with E-state index in [0.29, 0.717) is 13.0 Å². The second-order valence-electron chi connectivity index (χ2n) is 4.12. The van der Waals surface area contributed by atoms with Crippen molar-refractivity contribution in [3.63, 3.8) is 0 Å². The zero-order valence-electron chi connectivity index (χ0n) is 10.8. The van der Waals surface area contributed by atoms with Crippen molar-refractivity contribution in [1.29, 1.82) is 5.26 Å². The van der Waals surface area contributed by atoms with Crippen molar-refractivity contribution in [1.82, 2.24) is 14.8 Å². The quantitative estimate of drug-likeness (QED) is 0.648. The van der Waals surface area contributed by atoms with Crippen LogP contribution < -0.4 is 5.32 Å². The number of anilines is 1. The molecule has 102 valence electrons. The van der Waals surface area contributed by atoms with Crippen LogP contribution in [0.4, 0.5) is 11.5 Å². The highest BCUT2D eigenvalue weighted by Gasteiger charge is 2.16. The third-order valence-corrected chi connectivity index (χ3v) is 2.64. The zero-order valence-corrected chi connectivity index (χ0v) is 10.8. The average molecular weight is 272 g/mol. The lowest BCUT2D eigenvalue weighted by Crippen LogP contribution is -2.09. The number of pyridine rings is 1. The van der Waals surface area contributed by atoms with E-state index in [1.807, 2.05) is 25.4 Å². The third kappa shape index (κ3) is 3.08. The Balaban J connectivity index is 2.05. The highest BCUT2D eigenvalue weighted by atomic mass is 16.6. The molecule has 20 heavy (non-hydrogen) atoms. The minimum absolute atomic E-state index is 0.157. The molecule has 0 bridgehead atoms. The second kappa shape index (κ2) is 5.79. The molecule has 2 aromatic heterocycles. The van der Waals surface area contributed by atoms with Crippen LogP contribution in [0.25, 0.3) is 0 Å². The van der Waals surface area contributed by atoms with Crippen molar-refractivity contribution in [2.45, 2.75) is 6.42 Å². The van der Waals surface area contributed by atoms with Gasteiger partial charge in [-0.05, 0) is 6.07 Å². The van der Waals surface area contributed by atoms with Gasteiger partial charge in [0.15, 0.2) is 0 Å². The van der Waals surface area contributed by atoms with Crippen LogP contribution >= 0.6 is 0 Å². The summed E-state index contributed by atoms with van der Waals surface area (Å²) in [6.45, 7) is 0.469. The SMILES string of the molecule is Cn1ccc(CCNc2ncc(C#N)cc2[N+](=O)[O-])n1. The number of aromatic nitrogens is 3. The predicted molar refractivity (Wildman–Crippen MR) is 71.0 cm³/mol. The molecule has 0 aromatic carbocycles. The van der Waals surface area contributed by atoms with Gasteiger partial charge in [0.05, 0.1) is 16.2 Å². The van der Waals surface area contributed by atoms with E-state index in [1.165, 1.54) is 12.3 Å². The molecule has 0 aliphatic carbocycles. The maximum Gasteiger partial charge on any atom is 0.312 e. The van der Waals surface area contributed by atoms with Crippen molar-refractivity contribution >= 4 is 11.5 Å². The van der Waals surface area contributed by atoms with Crippen LogP contribution in [-0.2, 0) is 13.5 Å². The van der Waals surface area contributed by atoms with Crippen LogP contribution in [0.3, 0.4) is 0 Å². The van der Waals surface area contributed by atoms with E-state index in [9.17, 15) is 10.1 Å². The summed E-state index contributed by atoms with van der Waals surface area (Å²) in [5, 5.41) is 26.7.